The summed E-state index contributed by atoms with van der Waals surface area (Å²) in [6.45, 7) is 6.33. The van der Waals surface area contributed by atoms with Crippen LogP contribution < -0.4 is 10.5 Å². The number of rotatable bonds is 4. The first-order valence-corrected chi connectivity index (χ1v) is 6.63. The number of benzene rings is 1. The van der Waals surface area contributed by atoms with Gasteiger partial charge in [-0.05, 0) is 55.7 Å². The Balaban J connectivity index is 2.21. The van der Waals surface area contributed by atoms with Crippen LogP contribution in [0, 0.1) is 20.8 Å². The summed E-state index contributed by atoms with van der Waals surface area (Å²) < 4.78 is 5.89. The van der Waals surface area contributed by atoms with Crippen LogP contribution in [0.25, 0.3) is 0 Å². The van der Waals surface area contributed by atoms with E-state index in [0.29, 0.717) is 12.2 Å². The molecule has 0 bridgehead atoms. The molecule has 110 valence electrons. The second-order valence-corrected chi connectivity index (χ2v) is 5.08. The molecule has 0 amide bonds. The molecule has 0 fully saturated rings. The summed E-state index contributed by atoms with van der Waals surface area (Å²) in [7, 11) is 0. The average Bonchev–Trinajstić information content (AvgIpc) is 2.45. The molecule has 5 heteroatoms. The fourth-order valence-electron chi connectivity index (χ4n) is 2.24. The van der Waals surface area contributed by atoms with Crippen molar-refractivity contribution in [2.45, 2.75) is 27.4 Å². The largest absolute Gasteiger partial charge is 0.488 e. The third-order valence-corrected chi connectivity index (χ3v) is 3.18. The minimum absolute atomic E-state index is 0.0932. The third-order valence-electron chi connectivity index (χ3n) is 3.18. The smallest absolute Gasteiger partial charge is 0.170 e. The van der Waals surface area contributed by atoms with E-state index in [1.165, 1.54) is 0 Å². The van der Waals surface area contributed by atoms with Gasteiger partial charge in [-0.25, -0.2) is 0 Å². The molecule has 0 aliphatic rings. The molecular formula is C16H19N3O2. The lowest BCUT2D eigenvalue weighted by molar-refractivity contribution is 0.301. The number of hydrogen-bond acceptors (Lipinski definition) is 4. The summed E-state index contributed by atoms with van der Waals surface area (Å²) in [4.78, 5) is 4.15. The Morgan fingerprint density at radius 3 is 2.43 bits per heavy atom. The van der Waals surface area contributed by atoms with Crippen molar-refractivity contribution in [2.75, 3.05) is 0 Å². The topological polar surface area (TPSA) is 80.7 Å². The number of pyridine rings is 1. The van der Waals surface area contributed by atoms with Gasteiger partial charge in [0.1, 0.15) is 12.4 Å². The van der Waals surface area contributed by atoms with Gasteiger partial charge in [-0.1, -0.05) is 5.16 Å². The van der Waals surface area contributed by atoms with E-state index in [1.807, 2.05) is 45.2 Å². The Kier molecular flexibility index (Phi) is 4.42. The van der Waals surface area contributed by atoms with Crippen molar-refractivity contribution in [3.05, 3.63) is 58.4 Å². The lowest BCUT2D eigenvalue weighted by Gasteiger charge is -2.14. The average molecular weight is 285 g/mol. The van der Waals surface area contributed by atoms with Gasteiger partial charge in [0.2, 0.25) is 0 Å². The molecule has 0 atom stereocenters. The van der Waals surface area contributed by atoms with Gasteiger partial charge in [0.15, 0.2) is 5.84 Å². The first kappa shape index (κ1) is 14.8. The van der Waals surface area contributed by atoms with Crippen LogP contribution in [0.3, 0.4) is 0 Å². The van der Waals surface area contributed by atoms with E-state index in [4.69, 9.17) is 15.7 Å². The van der Waals surface area contributed by atoms with Crippen LogP contribution in [0.15, 0.2) is 35.7 Å². The molecule has 21 heavy (non-hydrogen) atoms. The molecule has 0 radical (unpaired) electrons. The first-order valence-electron chi connectivity index (χ1n) is 6.63. The number of ether oxygens (including phenoxy) is 1. The molecule has 0 aliphatic carbocycles. The maximum Gasteiger partial charge on any atom is 0.170 e. The van der Waals surface area contributed by atoms with Crippen LogP contribution in [0.4, 0.5) is 0 Å². The van der Waals surface area contributed by atoms with E-state index >= 15 is 0 Å². The SMILES string of the molecule is Cc1cncc(COc2c(C)cc(/C(N)=N/O)cc2C)c1. The van der Waals surface area contributed by atoms with Gasteiger partial charge in [-0.15, -0.1) is 0 Å². The first-order chi connectivity index (χ1) is 10.0. The van der Waals surface area contributed by atoms with Gasteiger partial charge in [-0.2, -0.15) is 0 Å². The molecule has 1 aromatic carbocycles. The van der Waals surface area contributed by atoms with E-state index < -0.39 is 0 Å². The zero-order valence-corrected chi connectivity index (χ0v) is 12.4. The highest BCUT2D eigenvalue weighted by molar-refractivity contribution is 5.97. The van der Waals surface area contributed by atoms with Crippen LogP contribution in [-0.4, -0.2) is 16.0 Å². The second-order valence-electron chi connectivity index (χ2n) is 5.08. The van der Waals surface area contributed by atoms with E-state index in [-0.39, 0.29) is 5.84 Å². The number of nitrogens with zero attached hydrogens (tertiary/aromatic N) is 2. The van der Waals surface area contributed by atoms with Crippen molar-refractivity contribution in [1.29, 1.82) is 0 Å². The summed E-state index contributed by atoms with van der Waals surface area (Å²) in [5, 5.41) is 11.8. The highest BCUT2D eigenvalue weighted by atomic mass is 16.5. The summed E-state index contributed by atoms with van der Waals surface area (Å²) in [6, 6.07) is 5.72. The van der Waals surface area contributed by atoms with Crippen LogP contribution in [0.5, 0.6) is 5.75 Å². The zero-order chi connectivity index (χ0) is 15.4. The molecule has 0 saturated heterocycles. The second kappa shape index (κ2) is 6.26. The monoisotopic (exact) mass is 285 g/mol. The maximum absolute atomic E-state index is 8.74. The number of nitrogens with two attached hydrogens (primary N) is 1. The number of aryl methyl sites for hydroxylation is 3. The molecule has 3 N–H and O–H groups in total. The van der Waals surface area contributed by atoms with Crippen molar-refractivity contribution >= 4 is 5.84 Å². The van der Waals surface area contributed by atoms with Gasteiger partial charge in [0, 0.05) is 23.5 Å². The summed E-state index contributed by atoms with van der Waals surface area (Å²) in [6.07, 6.45) is 3.61. The van der Waals surface area contributed by atoms with Crippen molar-refractivity contribution in [3.63, 3.8) is 0 Å². The lowest BCUT2D eigenvalue weighted by Crippen LogP contribution is -2.14. The minimum atomic E-state index is 0.0932. The van der Waals surface area contributed by atoms with Crippen LogP contribution in [0.2, 0.25) is 0 Å². The Bertz CT molecular complexity index is 658. The standard InChI is InChI=1S/C16H19N3O2/c1-10-4-13(8-18-7-10)9-21-15-11(2)5-14(6-12(15)3)16(17)19-20/h4-8,20H,9H2,1-3H3,(H2,17,19). The van der Waals surface area contributed by atoms with Gasteiger partial charge in [0.05, 0.1) is 0 Å². The predicted molar refractivity (Wildman–Crippen MR) is 81.7 cm³/mol. The Labute approximate surface area is 124 Å². The summed E-state index contributed by atoms with van der Waals surface area (Å²) in [5.41, 5.74) is 10.3. The Hall–Kier alpha value is -2.56. The highest BCUT2D eigenvalue weighted by Crippen LogP contribution is 2.25. The van der Waals surface area contributed by atoms with Gasteiger partial charge in [-0.3, -0.25) is 4.98 Å². The van der Waals surface area contributed by atoms with E-state index in [9.17, 15) is 0 Å². The van der Waals surface area contributed by atoms with Crippen molar-refractivity contribution in [2.24, 2.45) is 10.9 Å². The third kappa shape index (κ3) is 3.51. The van der Waals surface area contributed by atoms with E-state index in [0.717, 1.165) is 28.0 Å². The lowest BCUT2D eigenvalue weighted by atomic mass is 10.1. The number of oxime groups is 1. The van der Waals surface area contributed by atoms with E-state index in [1.54, 1.807) is 6.20 Å². The van der Waals surface area contributed by atoms with Gasteiger partial charge < -0.3 is 15.7 Å². The molecule has 5 nitrogen and oxygen atoms in total. The predicted octanol–water partition coefficient (Wildman–Crippen LogP) is 2.68. The molecule has 0 saturated carbocycles. The number of amidine groups is 1. The van der Waals surface area contributed by atoms with Crippen molar-refractivity contribution < 1.29 is 9.94 Å². The van der Waals surface area contributed by atoms with Gasteiger partial charge in [0.25, 0.3) is 0 Å². The molecule has 0 aliphatic heterocycles. The molecule has 2 rings (SSSR count). The highest BCUT2D eigenvalue weighted by Gasteiger charge is 2.09. The maximum atomic E-state index is 8.74. The quantitative estimate of drug-likeness (QED) is 0.392. The van der Waals surface area contributed by atoms with Crippen molar-refractivity contribution in [1.82, 2.24) is 4.98 Å². The zero-order valence-electron chi connectivity index (χ0n) is 12.4. The van der Waals surface area contributed by atoms with E-state index in [2.05, 4.69) is 10.1 Å². The Morgan fingerprint density at radius 1 is 1.19 bits per heavy atom. The fourth-order valence-corrected chi connectivity index (χ4v) is 2.24. The molecular weight excluding hydrogens is 266 g/mol. The summed E-state index contributed by atoms with van der Waals surface area (Å²) >= 11 is 0. The van der Waals surface area contributed by atoms with Crippen LogP contribution in [-0.2, 0) is 6.61 Å². The van der Waals surface area contributed by atoms with Crippen LogP contribution >= 0.6 is 0 Å². The molecule has 0 unspecified atom stereocenters. The molecule has 1 heterocycles. The van der Waals surface area contributed by atoms with Gasteiger partial charge >= 0.3 is 0 Å². The number of hydrogen-bond donors (Lipinski definition) is 2. The molecule has 0 spiro atoms. The Morgan fingerprint density at radius 2 is 1.86 bits per heavy atom. The normalized spacial score (nSPS) is 11.5. The molecule has 2 aromatic rings. The molecule has 1 aromatic heterocycles. The fraction of sp³-hybridized carbons (Fsp3) is 0.250. The number of aromatic nitrogens is 1. The van der Waals surface area contributed by atoms with Crippen LogP contribution in [0.1, 0.15) is 27.8 Å². The van der Waals surface area contributed by atoms with Crippen molar-refractivity contribution in [3.8, 4) is 5.75 Å². The minimum Gasteiger partial charge on any atom is -0.488 e. The summed E-state index contributed by atoms with van der Waals surface area (Å²) in [5.74, 6) is 0.904.